The van der Waals surface area contributed by atoms with E-state index in [1.54, 1.807) is 7.11 Å². The summed E-state index contributed by atoms with van der Waals surface area (Å²) in [6, 6.07) is 45.7. The van der Waals surface area contributed by atoms with Gasteiger partial charge >= 0.3 is 0 Å². The van der Waals surface area contributed by atoms with E-state index in [1.807, 2.05) is 12.1 Å². The van der Waals surface area contributed by atoms with Crippen molar-refractivity contribution in [3.05, 3.63) is 185 Å². The van der Waals surface area contributed by atoms with Crippen LogP contribution in [0.1, 0.15) is 65.6 Å². The fourth-order valence-electron chi connectivity index (χ4n) is 8.42. The molecule has 0 amide bonds. The fraction of sp³-hybridized carbons (Fsp3) is 0.149. The van der Waals surface area contributed by atoms with E-state index in [0.29, 0.717) is 0 Å². The Morgan fingerprint density at radius 1 is 0.612 bits per heavy atom. The topological polar surface area (TPSA) is 18.5 Å². The molecule has 0 aromatic heterocycles. The standard InChI is InChI=1S/C47H38O2/c1-46(2)42-16-10-9-15-40(42)43-38-13-7-8-14-39(38)45-41(44(43)46)29-30-47(49-45,36-25-27-37(48-3)28-26-36)35-23-21-34(22-24-35)33-19-17-32(18-20-33)31-11-5-4-6-12-31/h4-17,19,21-30H,18,20H2,1-3H3. The second-order valence-electron chi connectivity index (χ2n) is 13.9. The number of ether oxygens (including phenoxy) is 2. The summed E-state index contributed by atoms with van der Waals surface area (Å²) in [5.41, 5.74) is 13.0. The number of fused-ring (bicyclic) bond motifs is 8. The Hall–Kier alpha value is -5.60. The average Bonchev–Trinajstić information content (AvgIpc) is 3.42. The van der Waals surface area contributed by atoms with Crippen molar-refractivity contribution in [2.75, 3.05) is 7.11 Å². The normalized spacial score (nSPS) is 18.5. The second kappa shape index (κ2) is 11.2. The molecule has 1 aliphatic heterocycles. The summed E-state index contributed by atoms with van der Waals surface area (Å²) in [5.74, 6) is 1.76. The first-order valence-corrected chi connectivity index (χ1v) is 17.3. The van der Waals surface area contributed by atoms with Crippen molar-refractivity contribution in [1.82, 2.24) is 0 Å². The molecule has 49 heavy (non-hydrogen) atoms. The van der Waals surface area contributed by atoms with Gasteiger partial charge in [0.15, 0.2) is 5.60 Å². The van der Waals surface area contributed by atoms with Crippen molar-refractivity contribution in [3.8, 4) is 22.6 Å². The SMILES string of the molecule is COc1ccc(C2(c3ccc(C4=CC=C(c5ccccc5)CC4)cc3)C=Cc3c4c(c5ccccc5c3O2)-c2ccccc2C4(C)C)cc1. The molecule has 6 aromatic rings. The van der Waals surface area contributed by atoms with Crippen LogP contribution >= 0.6 is 0 Å². The molecule has 0 N–H and O–H groups in total. The lowest BCUT2D eigenvalue weighted by molar-refractivity contribution is 0.163. The second-order valence-corrected chi connectivity index (χ2v) is 13.9. The number of allylic oxidation sites excluding steroid dienone is 4. The maximum Gasteiger partial charge on any atom is 0.178 e. The van der Waals surface area contributed by atoms with Gasteiger partial charge in [-0.3, -0.25) is 0 Å². The first-order chi connectivity index (χ1) is 24.0. The molecule has 2 heteroatoms. The number of benzene rings is 6. The zero-order chi connectivity index (χ0) is 33.2. The summed E-state index contributed by atoms with van der Waals surface area (Å²) in [6.07, 6.45) is 11.2. The Balaban J connectivity index is 1.19. The van der Waals surface area contributed by atoms with Crippen LogP contribution < -0.4 is 9.47 Å². The van der Waals surface area contributed by atoms with Gasteiger partial charge in [-0.05, 0) is 81.0 Å². The smallest absolute Gasteiger partial charge is 0.178 e. The summed E-state index contributed by atoms with van der Waals surface area (Å²) >= 11 is 0. The summed E-state index contributed by atoms with van der Waals surface area (Å²) in [7, 11) is 1.71. The summed E-state index contributed by atoms with van der Waals surface area (Å²) < 4.78 is 13.1. The number of hydrogen-bond acceptors (Lipinski definition) is 2. The molecule has 3 aliphatic rings. The zero-order valence-electron chi connectivity index (χ0n) is 28.2. The van der Waals surface area contributed by atoms with Crippen LogP contribution in [0.5, 0.6) is 11.5 Å². The number of hydrogen-bond donors (Lipinski definition) is 0. The Labute approximate surface area is 288 Å². The van der Waals surface area contributed by atoms with E-state index in [9.17, 15) is 0 Å². The minimum atomic E-state index is -0.828. The van der Waals surface area contributed by atoms with E-state index in [0.717, 1.165) is 40.9 Å². The first-order valence-electron chi connectivity index (χ1n) is 17.3. The van der Waals surface area contributed by atoms with Gasteiger partial charge in [0, 0.05) is 27.5 Å². The van der Waals surface area contributed by atoms with Crippen molar-refractivity contribution in [1.29, 1.82) is 0 Å². The minimum Gasteiger partial charge on any atom is -0.497 e. The van der Waals surface area contributed by atoms with Gasteiger partial charge in [0.2, 0.25) is 0 Å². The average molecular weight is 635 g/mol. The molecule has 0 spiro atoms. The molecule has 2 aliphatic carbocycles. The zero-order valence-corrected chi connectivity index (χ0v) is 28.2. The van der Waals surface area contributed by atoms with Gasteiger partial charge in [0.05, 0.1) is 7.11 Å². The van der Waals surface area contributed by atoms with Crippen LogP contribution in [-0.4, -0.2) is 7.11 Å². The molecule has 1 heterocycles. The lowest BCUT2D eigenvalue weighted by Crippen LogP contribution is -2.35. The Morgan fingerprint density at radius 3 is 1.88 bits per heavy atom. The van der Waals surface area contributed by atoms with Crippen molar-refractivity contribution < 1.29 is 9.47 Å². The first kappa shape index (κ1) is 29.5. The summed E-state index contributed by atoms with van der Waals surface area (Å²) in [5, 5.41) is 2.37. The van der Waals surface area contributed by atoms with Crippen LogP contribution in [0.4, 0.5) is 0 Å². The van der Waals surface area contributed by atoms with E-state index < -0.39 is 5.60 Å². The van der Waals surface area contributed by atoms with E-state index in [2.05, 4.69) is 153 Å². The van der Waals surface area contributed by atoms with Crippen molar-refractivity contribution in [2.24, 2.45) is 0 Å². The van der Waals surface area contributed by atoms with Crippen LogP contribution in [0, 0.1) is 0 Å². The molecule has 9 rings (SSSR count). The van der Waals surface area contributed by atoms with Crippen LogP contribution in [0.2, 0.25) is 0 Å². The quantitative estimate of drug-likeness (QED) is 0.188. The van der Waals surface area contributed by atoms with Crippen LogP contribution in [0.15, 0.2) is 146 Å². The number of methoxy groups -OCH3 is 1. The Bertz CT molecular complexity index is 2340. The molecule has 1 atom stereocenters. The molecular weight excluding hydrogens is 597 g/mol. The Kier molecular flexibility index (Phi) is 6.78. The van der Waals surface area contributed by atoms with E-state index in [4.69, 9.17) is 9.47 Å². The minimum absolute atomic E-state index is 0.169. The van der Waals surface area contributed by atoms with E-state index in [-0.39, 0.29) is 5.41 Å². The van der Waals surface area contributed by atoms with Gasteiger partial charge in [0.1, 0.15) is 11.5 Å². The third kappa shape index (κ3) is 4.54. The van der Waals surface area contributed by atoms with E-state index >= 15 is 0 Å². The third-order valence-electron chi connectivity index (χ3n) is 10.9. The highest BCUT2D eigenvalue weighted by atomic mass is 16.5. The maximum absolute atomic E-state index is 7.49. The third-order valence-corrected chi connectivity index (χ3v) is 10.9. The molecule has 0 radical (unpaired) electrons. The van der Waals surface area contributed by atoms with Crippen molar-refractivity contribution in [2.45, 2.75) is 37.7 Å². The molecule has 0 saturated carbocycles. The van der Waals surface area contributed by atoms with Crippen LogP contribution in [-0.2, 0) is 11.0 Å². The fourth-order valence-corrected chi connectivity index (χ4v) is 8.42. The molecule has 0 fully saturated rings. The van der Waals surface area contributed by atoms with Gasteiger partial charge in [-0.2, -0.15) is 0 Å². The van der Waals surface area contributed by atoms with Gasteiger partial charge in [-0.25, -0.2) is 0 Å². The molecular formula is C47H38O2. The lowest BCUT2D eigenvalue weighted by atomic mass is 9.76. The van der Waals surface area contributed by atoms with Crippen molar-refractivity contribution in [3.63, 3.8) is 0 Å². The van der Waals surface area contributed by atoms with Gasteiger partial charge in [-0.15, -0.1) is 0 Å². The van der Waals surface area contributed by atoms with Crippen LogP contribution in [0.25, 0.3) is 39.1 Å². The predicted octanol–water partition coefficient (Wildman–Crippen LogP) is 11.8. The Morgan fingerprint density at radius 2 is 1.20 bits per heavy atom. The molecule has 238 valence electrons. The molecule has 6 aromatic carbocycles. The molecule has 0 bridgehead atoms. The lowest BCUT2D eigenvalue weighted by Gasteiger charge is -2.38. The monoisotopic (exact) mass is 634 g/mol. The van der Waals surface area contributed by atoms with E-state index in [1.165, 1.54) is 55.5 Å². The molecule has 1 unspecified atom stereocenters. The number of rotatable bonds is 5. The summed E-state index contributed by atoms with van der Waals surface area (Å²) in [4.78, 5) is 0. The largest absolute Gasteiger partial charge is 0.497 e. The highest BCUT2D eigenvalue weighted by molar-refractivity contribution is 6.08. The highest BCUT2D eigenvalue weighted by Crippen LogP contribution is 2.58. The van der Waals surface area contributed by atoms with Crippen molar-refractivity contribution >= 4 is 28.0 Å². The predicted molar refractivity (Wildman–Crippen MR) is 203 cm³/mol. The molecule has 2 nitrogen and oxygen atoms in total. The van der Waals surface area contributed by atoms with Gasteiger partial charge in [0.25, 0.3) is 0 Å². The maximum atomic E-state index is 7.49. The highest BCUT2D eigenvalue weighted by Gasteiger charge is 2.44. The van der Waals surface area contributed by atoms with Gasteiger partial charge < -0.3 is 9.47 Å². The molecule has 0 saturated heterocycles. The summed E-state index contributed by atoms with van der Waals surface area (Å²) in [6.45, 7) is 4.70. The van der Waals surface area contributed by atoms with Crippen LogP contribution in [0.3, 0.4) is 0 Å². The van der Waals surface area contributed by atoms with Gasteiger partial charge in [-0.1, -0.05) is 147 Å².